The average molecular weight is 390 g/mol. The second-order valence-electron chi connectivity index (χ2n) is 6.47. The van der Waals surface area contributed by atoms with Gasteiger partial charge in [0.2, 0.25) is 0 Å². The van der Waals surface area contributed by atoms with Crippen molar-refractivity contribution in [2.24, 2.45) is 0 Å². The van der Waals surface area contributed by atoms with Crippen LogP contribution in [0.5, 0.6) is 0 Å². The lowest BCUT2D eigenvalue weighted by Crippen LogP contribution is -2.53. The van der Waals surface area contributed by atoms with Crippen molar-refractivity contribution in [2.75, 3.05) is 39.8 Å². The molecule has 2 fully saturated rings. The smallest absolute Gasteiger partial charge is 0.253 e. The molecule has 25 heavy (non-hydrogen) atoms. The van der Waals surface area contributed by atoms with Gasteiger partial charge in [0.25, 0.3) is 5.91 Å². The number of rotatable bonds is 4. The van der Waals surface area contributed by atoms with E-state index in [1.54, 1.807) is 0 Å². The van der Waals surface area contributed by atoms with Crippen LogP contribution in [0.3, 0.4) is 0 Å². The van der Waals surface area contributed by atoms with E-state index in [1.165, 1.54) is 5.56 Å². The maximum atomic E-state index is 12.7. The van der Waals surface area contributed by atoms with Gasteiger partial charge in [-0.2, -0.15) is 0 Å². The Morgan fingerprint density at radius 3 is 2.48 bits per heavy atom. The number of hydrogen-bond donors (Lipinski definition) is 1. The molecule has 0 saturated carbocycles. The molecule has 0 aliphatic carbocycles. The molecule has 0 spiro atoms. The van der Waals surface area contributed by atoms with Crippen molar-refractivity contribution in [3.63, 3.8) is 0 Å². The third-order valence-corrected chi connectivity index (χ3v) is 4.89. The molecule has 1 atom stereocenters. The number of carbonyl (C=O) groups excluding carboxylic acids is 1. The van der Waals surface area contributed by atoms with Crippen molar-refractivity contribution in [1.29, 1.82) is 0 Å². The number of benzene rings is 1. The summed E-state index contributed by atoms with van der Waals surface area (Å²) in [6.45, 7) is 4.78. The van der Waals surface area contributed by atoms with Crippen LogP contribution >= 0.6 is 24.8 Å². The predicted octanol–water partition coefficient (Wildman–Crippen LogP) is 1.94. The zero-order valence-electron chi connectivity index (χ0n) is 14.7. The van der Waals surface area contributed by atoms with Gasteiger partial charge in [0.05, 0.1) is 6.61 Å². The number of amides is 1. The highest BCUT2D eigenvalue weighted by Gasteiger charge is 2.32. The van der Waals surface area contributed by atoms with Gasteiger partial charge in [-0.05, 0) is 25.5 Å². The molecule has 2 aliphatic heterocycles. The van der Waals surface area contributed by atoms with Gasteiger partial charge in [-0.3, -0.25) is 9.69 Å². The number of nitrogens with zero attached hydrogens (tertiary/aromatic N) is 2. The molecule has 1 amide bonds. The third-order valence-electron chi connectivity index (χ3n) is 4.89. The summed E-state index contributed by atoms with van der Waals surface area (Å²) in [5.74, 6) is 0.164. The number of carbonyl (C=O) groups is 1. The first-order valence-electron chi connectivity index (χ1n) is 8.60. The zero-order chi connectivity index (χ0) is 16.1. The second-order valence-corrected chi connectivity index (χ2v) is 6.47. The van der Waals surface area contributed by atoms with E-state index < -0.39 is 0 Å². The van der Waals surface area contributed by atoms with Gasteiger partial charge in [-0.15, -0.1) is 24.8 Å². The minimum absolute atomic E-state index is 0. The van der Waals surface area contributed by atoms with E-state index in [-0.39, 0.29) is 36.8 Å². The van der Waals surface area contributed by atoms with Crippen LogP contribution in [0, 0.1) is 0 Å². The highest BCUT2D eigenvalue weighted by Crippen LogP contribution is 2.16. The van der Waals surface area contributed by atoms with Crippen LogP contribution < -0.4 is 5.32 Å². The number of morpholine rings is 1. The summed E-state index contributed by atoms with van der Waals surface area (Å²) in [7, 11) is 1.99. The van der Waals surface area contributed by atoms with Gasteiger partial charge >= 0.3 is 0 Å². The van der Waals surface area contributed by atoms with Gasteiger partial charge in [-0.1, -0.05) is 30.3 Å². The molecule has 0 radical (unpaired) electrons. The standard InChI is InChI=1S/C18H27N3O2.2ClH/c1-19-16-7-9-21(10-8-16)18(22)17-14-20(11-12-23-17)13-15-5-3-2-4-6-15;;/h2-6,16-17,19H,7-14H2,1H3;2*1H. The highest BCUT2D eigenvalue weighted by atomic mass is 35.5. The predicted molar refractivity (Wildman–Crippen MR) is 105 cm³/mol. The number of nitrogens with one attached hydrogen (secondary N) is 1. The molecule has 1 N–H and O–H groups in total. The van der Waals surface area contributed by atoms with Crippen molar-refractivity contribution in [3.05, 3.63) is 35.9 Å². The third kappa shape index (κ3) is 6.12. The maximum Gasteiger partial charge on any atom is 0.253 e. The topological polar surface area (TPSA) is 44.8 Å². The summed E-state index contributed by atoms with van der Waals surface area (Å²) >= 11 is 0. The maximum absolute atomic E-state index is 12.7. The minimum atomic E-state index is -0.307. The molecule has 2 saturated heterocycles. The fourth-order valence-corrected chi connectivity index (χ4v) is 3.43. The molecule has 0 bridgehead atoms. The van der Waals surface area contributed by atoms with Crippen molar-refractivity contribution in [1.82, 2.24) is 15.1 Å². The first kappa shape index (κ1) is 22.2. The Balaban J connectivity index is 0.00000156. The Hall–Kier alpha value is -0.850. The highest BCUT2D eigenvalue weighted by molar-refractivity contribution is 5.85. The molecule has 2 heterocycles. The normalized spacial score (nSPS) is 22.0. The van der Waals surface area contributed by atoms with E-state index in [1.807, 2.05) is 18.0 Å². The molecular weight excluding hydrogens is 361 g/mol. The Kier molecular flexibility index (Phi) is 9.75. The summed E-state index contributed by atoms with van der Waals surface area (Å²) in [5, 5.41) is 3.30. The van der Waals surface area contributed by atoms with Crippen LogP contribution in [0.15, 0.2) is 30.3 Å². The van der Waals surface area contributed by atoms with Crippen molar-refractivity contribution in [3.8, 4) is 0 Å². The Labute approximate surface area is 162 Å². The lowest BCUT2D eigenvalue weighted by atomic mass is 10.0. The first-order chi connectivity index (χ1) is 11.3. The summed E-state index contributed by atoms with van der Waals surface area (Å²) in [6, 6.07) is 11.0. The number of ether oxygens (including phenoxy) is 1. The fourth-order valence-electron chi connectivity index (χ4n) is 3.43. The number of halogens is 2. The van der Waals surface area contributed by atoms with Crippen LogP contribution in [0.25, 0.3) is 0 Å². The van der Waals surface area contributed by atoms with Crippen molar-refractivity contribution in [2.45, 2.75) is 31.5 Å². The van der Waals surface area contributed by atoms with Gasteiger partial charge in [0.15, 0.2) is 0 Å². The van der Waals surface area contributed by atoms with E-state index in [9.17, 15) is 4.79 Å². The molecule has 142 valence electrons. The van der Waals surface area contributed by atoms with Crippen LogP contribution in [0.4, 0.5) is 0 Å². The van der Waals surface area contributed by atoms with Gasteiger partial charge in [0, 0.05) is 38.8 Å². The molecule has 5 nitrogen and oxygen atoms in total. The largest absolute Gasteiger partial charge is 0.366 e. The molecule has 3 rings (SSSR count). The molecule has 1 aromatic carbocycles. The zero-order valence-corrected chi connectivity index (χ0v) is 16.4. The average Bonchev–Trinajstić information content (AvgIpc) is 2.62. The summed E-state index contributed by atoms with van der Waals surface area (Å²) < 4.78 is 5.77. The van der Waals surface area contributed by atoms with E-state index in [0.717, 1.165) is 39.0 Å². The summed E-state index contributed by atoms with van der Waals surface area (Å²) in [4.78, 5) is 17.0. The molecular formula is C18H29Cl2N3O2. The lowest BCUT2D eigenvalue weighted by Gasteiger charge is -2.37. The monoisotopic (exact) mass is 389 g/mol. The van der Waals surface area contributed by atoms with E-state index in [4.69, 9.17) is 4.74 Å². The Morgan fingerprint density at radius 2 is 1.84 bits per heavy atom. The SMILES string of the molecule is CNC1CCN(C(=O)C2CN(Cc3ccccc3)CCO2)CC1.Cl.Cl. The number of hydrogen-bond acceptors (Lipinski definition) is 4. The Bertz CT molecular complexity index is 510. The summed E-state index contributed by atoms with van der Waals surface area (Å²) in [6.07, 6.45) is 1.75. The van der Waals surface area contributed by atoms with Crippen LogP contribution in [-0.4, -0.2) is 67.7 Å². The lowest BCUT2D eigenvalue weighted by molar-refractivity contribution is -0.150. The van der Waals surface area contributed by atoms with Crippen LogP contribution in [-0.2, 0) is 16.1 Å². The number of likely N-dealkylation sites (tertiary alicyclic amines) is 1. The number of piperidine rings is 1. The van der Waals surface area contributed by atoms with Gasteiger partial charge in [0.1, 0.15) is 6.10 Å². The molecule has 0 aromatic heterocycles. The molecule has 1 aromatic rings. The first-order valence-corrected chi connectivity index (χ1v) is 8.60. The molecule has 1 unspecified atom stereocenters. The van der Waals surface area contributed by atoms with E-state index in [2.05, 4.69) is 34.5 Å². The van der Waals surface area contributed by atoms with Crippen LogP contribution in [0.1, 0.15) is 18.4 Å². The van der Waals surface area contributed by atoms with Crippen molar-refractivity contribution >= 4 is 30.7 Å². The second kappa shape index (κ2) is 11.0. The molecule has 7 heteroatoms. The Morgan fingerprint density at radius 1 is 1.16 bits per heavy atom. The minimum Gasteiger partial charge on any atom is -0.366 e. The van der Waals surface area contributed by atoms with E-state index in [0.29, 0.717) is 19.2 Å². The van der Waals surface area contributed by atoms with Gasteiger partial charge < -0.3 is 15.0 Å². The fraction of sp³-hybridized carbons (Fsp3) is 0.611. The van der Waals surface area contributed by atoms with Crippen molar-refractivity contribution < 1.29 is 9.53 Å². The quantitative estimate of drug-likeness (QED) is 0.854. The van der Waals surface area contributed by atoms with E-state index >= 15 is 0 Å². The van der Waals surface area contributed by atoms with Crippen LogP contribution in [0.2, 0.25) is 0 Å². The summed E-state index contributed by atoms with van der Waals surface area (Å²) in [5.41, 5.74) is 1.29. The molecule has 2 aliphatic rings. The van der Waals surface area contributed by atoms with Gasteiger partial charge in [-0.25, -0.2) is 0 Å².